The first-order valence-electron chi connectivity index (χ1n) is 23.1. The Labute approximate surface area is 380 Å². The minimum Gasteiger partial charge on any atom is -0.347 e. The zero-order valence-corrected chi connectivity index (χ0v) is 39.4. The topological polar surface area (TPSA) is 12.5 Å². The lowest BCUT2D eigenvalue weighted by Crippen LogP contribution is -2.31. The Morgan fingerprint density at radius 2 is 0.844 bits per heavy atom. The van der Waals surface area contributed by atoms with Gasteiger partial charge in [0, 0.05) is 83.1 Å². The first kappa shape index (κ1) is 41.5. The molecule has 0 N–H and O–H groups in total. The van der Waals surface area contributed by atoms with Crippen LogP contribution in [-0.2, 0) is 21.7 Å². The summed E-state index contributed by atoms with van der Waals surface area (Å²) in [5.74, 6) is 0. The summed E-state index contributed by atoms with van der Waals surface area (Å²) >= 11 is 0. The van der Waals surface area contributed by atoms with Crippen molar-refractivity contribution in [2.75, 3.05) is 38.0 Å². The van der Waals surface area contributed by atoms with Crippen LogP contribution in [0.3, 0.4) is 0 Å². The number of hydrogen-bond donors (Lipinski definition) is 0. The number of allylic oxidation sites excluding steroid dienone is 10. The lowest BCUT2D eigenvalue weighted by molar-refractivity contribution is -0.401. The number of rotatable bonds is 8. The van der Waals surface area contributed by atoms with Gasteiger partial charge in [-0.3, -0.25) is 0 Å². The maximum absolute atomic E-state index is 2.48. The molecule has 4 heteroatoms. The van der Waals surface area contributed by atoms with Crippen LogP contribution >= 0.6 is 0 Å². The van der Waals surface area contributed by atoms with Crippen LogP contribution < -0.4 is 9.80 Å². The second-order valence-corrected chi connectivity index (χ2v) is 20.0. The fourth-order valence-electron chi connectivity index (χ4n) is 12.2. The van der Waals surface area contributed by atoms with E-state index in [1.165, 1.54) is 89.4 Å². The molecular formula is C60H62N4+2. The highest BCUT2D eigenvalue weighted by Crippen LogP contribution is 2.50. The minimum absolute atomic E-state index is 0.0846. The Morgan fingerprint density at radius 1 is 0.469 bits per heavy atom. The van der Waals surface area contributed by atoms with Crippen LogP contribution in [0.15, 0.2) is 181 Å². The summed E-state index contributed by atoms with van der Waals surface area (Å²) in [6, 6.07) is 44.7. The van der Waals surface area contributed by atoms with Crippen molar-refractivity contribution in [3.8, 4) is 0 Å². The molecule has 320 valence electrons. The molecule has 6 aromatic rings. The monoisotopic (exact) mass is 838 g/mol. The van der Waals surface area contributed by atoms with Gasteiger partial charge >= 0.3 is 0 Å². The molecule has 0 aliphatic carbocycles. The zero-order valence-electron chi connectivity index (χ0n) is 39.4. The normalized spacial score (nSPS) is 23.3. The molecule has 0 bridgehead atoms. The number of anilines is 2. The Hall–Kier alpha value is -6.52. The third kappa shape index (κ3) is 6.09. The molecule has 4 heterocycles. The lowest BCUT2D eigenvalue weighted by Gasteiger charge is -2.25. The third-order valence-corrected chi connectivity index (χ3v) is 15.6. The van der Waals surface area contributed by atoms with Gasteiger partial charge in [0.05, 0.1) is 10.8 Å². The fraction of sp³-hybridized carbons (Fsp3) is 0.267. The number of fused-ring (bicyclic) bond motifs is 8. The number of hydrogen-bond acceptors (Lipinski definition) is 2. The van der Waals surface area contributed by atoms with Gasteiger partial charge in [-0.05, 0) is 95.8 Å². The molecule has 0 spiro atoms. The van der Waals surface area contributed by atoms with E-state index >= 15 is 0 Å². The van der Waals surface area contributed by atoms with Gasteiger partial charge in [-0.25, -0.2) is 0 Å². The summed E-state index contributed by atoms with van der Waals surface area (Å²) in [7, 11) is 8.90. The summed E-state index contributed by atoms with van der Waals surface area (Å²) < 4.78 is 4.87. The van der Waals surface area contributed by atoms with Crippen LogP contribution in [0.25, 0.3) is 21.5 Å². The van der Waals surface area contributed by atoms with Crippen LogP contribution in [0, 0.1) is 0 Å². The van der Waals surface area contributed by atoms with Crippen molar-refractivity contribution < 1.29 is 9.15 Å². The SMILES string of the molecule is CN1/C(=C/C=C/C2=[N+](C)c3ccc4ccccc4c3C2(C)CC=CCC2(C)C(/C=C/C=C3/N(C)c4ccccc4C3(C)C)=[N+](C)c3ccc4ccccc4c32)C(C)(C)c2ccccc21. The average molecular weight is 839 g/mol. The van der Waals surface area contributed by atoms with Crippen LogP contribution in [0.1, 0.15) is 76.6 Å². The predicted molar refractivity (Wildman–Crippen MR) is 273 cm³/mol. The quantitative estimate of drug-likeness (QED) is 0.112. The van der Waals surface area contributed by atoms with Crippen molar-refractivity contribution in [3.63, 3.8) is 0 Å². The van der Waals surface area contributed by atoms with Gasteiger partial charge in [-0.2, -0.15) is 9.15 Å². The summed E-state index contributed by atoms with van der Waals surface area (Å²) in [5.41, 5.74) is 15.2. The molecule has 0 radical (unpaired) electrons. The van der Waals surface area contributed by atoms with E-state index < -0.39 is 0 Å². The number of nitrogens with zero attached hydrogens (tertiary/aromatic N) is 4. The number of benzene rings is 6. The predicted octanol–water partition coefficient (Wildman–Crippen LogP) is 13.7. The van der Waals surface area contributed by atoms with E-state index in [-0.39, 0.29) is 21.7 Å². The zero-order chi connectivity index (χ0) is 44.8. The van der Waals surface area contributed by atoms with Crippen molar-refractivity contribution in [2.45, 2.75) is 76.0 Å². The molecule has 2 unspecified atom stereocenters. The highest BCUT2D eigenvalue weighted by atomic mass is 15.2. The van der Waals surface area contributed by atoms with Gasteiger partial charge < -0.3 is 9.80 Å². The highest BCUT2D eigenvalue weighted by Gasteiger charge is 2.49. The second kappa shape index (κ2) is 15.0. The molecule has 64 heavy (non-hydrogen) atoms. The van der Waals surface area contributed by atoms with Crippen LogP contribution in [-0.4, -0.2) is 48.8 Å². The molecule has 2 atom stereocenters. The van der Waals surface area contributed by atoms with E-state index in [2.05, 4.69) is 259 Å². The van der Waals surface area contributed by atoms with Crippen LogP contribution in [0.2, 0.25) is 0 Å². The summed E-state index contributed by atoms with van der Waals surface area (Å²) in [6.45, 7) is 14.3. The largest absolute Gasteiger partial charge is 0.347 e. The molecule has 4 aliphatic heterocycles. The van der Waals surface area contributed by atoms with Gasteiger partial charge in [0.25, 0.3) is 0 Å². The average Bonchev–Trinajstić information content (AvgIpc) is 3.82. The molecule has 4 nitrogen and oxygen atoms in total. The van der Waals surface area contributed by atoms with Gasteiger partial charge in [0.15, 0.2) is 11.4 Å². The van der Waals surface area contributed by atoms with E-state index in [1.807, 2.05) is 0 Å². The van der Waals surface area contributed by atoms with E-state index in [0.29, 0.717) is 0 Å². The number of para-hydroxylation sites is 2. The minimum atomic E-state index is -0.259. The van der Waals surface area contributed by atoms with Crippen molar-refractivity contribution in [1.82, 2.24) is 0 Å². The van der Waals surface area contributed by atoms with Crippen LogP contribution in [0.4, 0.5) is 22.7 Å². The smallest absolute Gasteiger partial charge is 0.210 e. The van der Waals surface area contributed by atoms with Gasteiger partial charge in [-0.15, -0.1) is 0 Å². The van der Waals surface area contributed by atoms with Gasteiger partial charge in [0.2, 0.25) is 11.4 Å². The highest BCUT2D eigenvalue weighted by molar-refractivity contribution is 6.09. The summed E-state index contributed by atoms with van der Waals surface area (Å²) in [6.07, 6.45) is 20.7. The molecule has 4 aliphatic rings. The Balaban J connectivity index is 1.01. The molecule has 10 rings (SSSR count). The first-order chi connectivity index (χ1) is 30.7. The molecule has 0 amide bonds. The Kier molecular flexibility index (Phi) is 9.76. The van der Waals surface area contributed by atoms with Gasteiger partial charge in [-0.1, -0.05) is 137 Å². The molecule has 0 saturated carbocycles. The Morgan fingerprint density at radius 3 is 1.25 bits per heavy atom. The molecular weight excluding hydrogens is 777 g/mol. The van der Waals surface area contributed by atoms with Crippen molar-refractivity contribution >= 4 is 55.7 Å². The van der Waals surface area contributed by atoms with E-state index in [0.717, 1.165) is 12.8 Å². The number of likely N-dealkylation sites (N-methyl/N-ethyl adjacent to an activating group) is 2. The first-order valence-corrected chi connectivity index (χ1v) is 23.1. The van der Waals surface area contributed by atoms with E-state index in [9.17, 15) is 0 Å². The van der Waals surface area contributed by atoms with Crippen molar-refractivity contribution in [3.05, 3.63) is 204 Å². The third-order valence-electron chi connectivity index (χ3n) is 15.6. The van der Waals surface area contributed by atoms with E-state index in [4.69, 9.17) is 0 Å². The maximum atomic E-state index is 2.48. The summed E-state index contributed by atoms with van der Waals surface area (Å²) in [4.78, 5) is 4.72. The van der Waals surface area contributed by atoms with Crippen molar-refractivity contribution in [1.29, 1.82) is 0 Å². The van der Waals surface area contributed by atoms with E-state index in [1.54, 1.807) is 0 Å². The molecule has 0 saturated heterocycles. The summed E-state index contributed by atoms with van der Waals surface area (Å²) in [5, 5.41) is 5.23. The fourth-order valence-corrected chi connectivity index (χ4v) is 12.2. The lowest BCUT2D eigenvalue weighted by atomic mass is 9.73. The standard InChI is InChI=1S/C60H62N4/c1-57(2)45-27-15-17-29-47(45)61(7)51(57)31-21-33-53-59(5,55-43-25-13-11-23-41(43)35-37-49(55)63(53)9)39-19-20-40-60(6)54(64(10)50-38-36-42-24-12-14-26-44(42)56(50)60)34-22-32-52-58(3,4)46-28-16-18-30-48(46)62(52)8/h11-38H,39-40H2,1-10H3/q+2. The van der Waals surface area contributed by atoms with Crippen molar-refractivity contribution in [2.24, 2.45) is 0 Å². The molecule has 6 aromatic carbocycles. The molecule has 0 fully saturated rings. The maximum Gasteiger partial charge on any atom is 0.210 e. The molecule has 0 aromatic heterocycles. The van der Waals surface area contributed by atoms with Gasteiger partial charge in [0.1, 0.15) is 14.1 Å². The second-order valence-electron chi connectivity index (χ2n) is 20.0. The van der Waals surface area contributed by atoms with Crippen LogP contribution in [0.5, 0.6) is 0 Å². The Bertz CT molecular complexity index is 2930.